The summed E-state index contributed by atoms with van der Waals surface area (Å²) in [4.78, 5) is 18.4. The van der Waals surface area contributed by atoms with Crippen LogP contribution < -0.4 is 10.2 Å². The van der Waals surface area contributed by atoms with Crippen molar-refractivity contribution in [1.82, 2.24) is 35.0 Å². The largest absolute Gasteiger partial charge is 0.355 e. The molecule has 132 valence electrons. The number of aromatic nitrogens is 6. The third-order valence-electron chi connectivity index (χ3n) is 5.06. The molecule has 1 aliphatic rings. The van der Waals surface area contributed by atoms with Crippen LogP contribution in [0.3, 0.4) is 0 Å². The standard InChI is InChI=1S/C17H24N8/c1-3-13(14-4-7-22-24(14)2)23-12-5-8-25(9-6-12)17-15-16(19-10-18-15)20-11-21-17/h4,7,10-13,23H,3,5-6,8-9H2,1-2H3,(H,18,19,20,21). The van der Waals surface area contributed by atoms with Crippen molar-refractivity contribution in [2.45, 2.75) is 38.3 Å². The molecular formula is C17H24N8. The lowest BCUT2D eigenvalue weighted by molar-refractivity contribution is 0.354. The van der Waals surface area contributed by atoms with Gasteiger partial charge in [0.15, 0.2) is 11.5 Å². The van der Waals surface area contributed by atoms with Gasteiger partial charge in [-0.05, 0) is 25.3 Å². The zero-order valence-corrected chi connectivity index (χ0v) is 14.7. The van der Waals surface area contributed by atoms with Crippen LogP contribution in [0.25, 0.3) is 11.2 Å². The summed E-state index contributed by atoms with van der Waals surface area (Å²) in [6.07, 6.45) is 8.38. The van der Waals surface area contributed by atoms with Gasteiger partial charge in [-0.2, -0.15) is 5.10 Å². The number of rotatable bonds is 5. The van der Waals surface area contributed by atoms with Crippen molar-refractivity contribution in [3.8, 4) is 0 Å². The summed E-state index contributed by atoms with van der Waals surface area (Å²) in [6, 6.07) is 2.96. The average Bonchev–Trinajstić information content (AvgIpc) is 3.29. The van der Waals surface area contributed by atoms with E-state index in [1.807, 2.05) is 17.9 Å². The van der Waals surface area contributed by atoms with Gasteiger partial charge < -0.3 is 15.2 Å². The number of piperidine rings is 1. The highest BCUT2D eigenvalue weighted by atomic mass is 15.3. The molecule has 8 heteroatoms. The van der Waals surface area contributed by atoms with Gasteiger partial charge in [-0.25, -0.2) is 15.0 Å². The van der Waals surface area contributed by atoms with Crippen molar-refractivity contribution in [2.75, 3.05) is 18.0 Å². The molecule has 1 atom stereocenters. The van der Waals surface area contributed by atoms with Crippen molar-refractivity contribution in [1.29, 1.82) is 0 Å². The third-order valence-corrected chi connectivity index (χ3v) is 5.06. The van der Waals surface area contributed by atoms with Gasteiger partial charge in [-0.1, -0.05) is 6.92 Å². The van der Waals surface area contributed by atoms with Crippen LogP contribution in [0.4, 0.5) is 5.82 Å². The average molecular weight is 340 g/mol. The Kier molecular flexibility index (Phi) is 4.35. The lowest BCUT2D eigenvalue weighted by Gasteiger charge is -2.35. The Bertz CT molecular complexity index is 830. The fourth-order valence-corrected chi connectivity index (χ4v) is 3.67. The van der Waals surface area contributed by atoms with Gasteiger partial charge >= 0.3 is 0 Å². The molecule has 8 nitrogen and oxygen atoms in total. The normalized spacial score (nSPS) is 17.3. The van der Waals surface area contributed by atoms with Crippen molar-refractivity contribution >= 4 is 17.0 Å². The van der Waals surface area contributed by atoms with E-state index in [1.54, 1.807) is 12.7 Å². The fourth-order valence-electron chi connectivity index (χ4n) is 3.67. The number of aryl methyl sites for hydroxylation is 1. The van der Waals surface area contributed by atoms with Crippen molar-refractivity contribution < 1.29 is 0 Å². The number of nitrogens with one attached hydrogen (secondary N) is 2. The van der Waals surface area contributed by atoms with Gasteiger partial charge in [0.1, 0.15) is 11.8 Å². The highest BCUT2D eigenvalue weighted by molar-refractivity contribution is 5.82. The van der Waals surface area contributed by atoms with Gasteiger partial charge in [0, 0.05) is 38.4 Å². The summed E-state index contributed by atoms with van der Waals surface area (Å²) >= 11 is 0. The van der Waals surface area contributed by atoms with Crippen LogP contribution in [0.15, 0.2) is 24.9 Å². The van der Waals surface area contributed by atoms with E-state index in [1.165, 1.54) is 5.69 Å². The molecule has 0 bridgehead atoms. The van der Waals surface area contributed by atoms with E-state index >= 15 is 0 Å². The topological polar surface area (TPSA) is 87.5 Å². The lowest BCUT2D eigenvalue weighted by Crippen LogP contribution is -2.44. The van der Waals surface area contributed by atoms with Crippen molar-refractivity contribution in [3.05, 3.63) is 30.6 Å². The van der Waals surface area contributed by atoms with E-state index < -0.39 is 0 Å². The van der Waals surface area contributed by atoms with Crippen LogP contribution in [-0.4, -0.2) is 48.8 Å². The maximum Gasteiger partial charge on any atom is 0.182 e. The Balaban J connectivity index is 1.41. The first-order valence-electron chi connectivity index (χ1n) is 8.89. The molecule has 1 fully saturated rings. The summed E-state index contributed by atoms with van der Waals surface area (Å²) in [5.74, 6) is 0.958. The third kappa shape index (κ3) is 3.09. The summed E-state index contributed by atoms with van der Waals surface area (Å²) < 4.78 is 1.96. The number of nitrogens with zero attached hydrogens (tertiary/aromatic N) is 6. The molecule has 2 N–H and O–H groups in total. The van der Waals surface area contributed by atoms with E-state index in [0.29, 0.717) is 12.1 Å². The van der Waals surface area contributed by atoms with Crippen LogP contribution in [0.2, 0.25) is 0 Å². The van der Waals surface area contributed by atoms with E-state index in [9.17, 15) is 0 Å². The molecule has 0 aliphatic carbocycles. The lowest BCUT2D eigenvalue weighted by atomic mass is 10.0. The molecule has 0 spiro atoms. The quantitative estimate of drug-likeness (QED) is 0.736. The molecule has 0 saturated carbocycles. The van der Waals surface area contributed by atoms with Crippen LogP contribution in [-0.2, 0) is 7.05 Å². The van der Waals surface area contributed by atoms with Crippen LogP contribution in [0.5, 0.6) is 0 Å². The van der Waals surface area contributed by atoms with Gasteiger partial charge in [0.2, 0.25) is 0 Å². The second kappa shape index (κ2) is 6.79. The van der Waals surface area contributed by atoms with Crippen molar-refractivity contribution in [3.63, 3.8) is 0 Å². The molecule has 3 aromatic rings. The maximum atomic E-state index is 4.47. The monoisotopic (exact) mass is 340 g/mol. The zero-order valence-electron chi connectivity index (χ0n) is 14.7. The highest BCUT2D eigenvalue weighted by Crippen LogP contribution is 2.25. The second-order valence-corrected chi connectivity index (χ2v) is 6.57. The number of imidazole rings is 1. The number of fused-ring (bicyclic) bond motifs is 1. The number of hydrogen-bond donors (Lipinski definition) is 2. The van der Waals surface area contributed by atoms with Gasteiger partial charge in [0.05, 0.1) is 12.0 Å². The molecule has 1 saturated heterocycles. The van der Waals surface area contributed by atoms with E-state index in [0.717, 1.165) is 49.3 Å². The van der Waals surface area contributed by atoms with Gasteiger partial charge in [-0.3, -0.25) is 4.68 Å². The fraction of sp³-hybridized carbons (Fsp3) is 0.529. The molecular weight excluding hydrogens is 316 g/mol. The molecule has 0 amide bonds. The SMILES string of the molecule is CCC(NC1CCN(c2ncnc3nc[nH]c23)CC1)c1ccnn1C. The minimum absolute atomic E-state index is 0.349. The summed E-state index contributed by atoms with van der Waals surface area (Å²) in [7, 11) is 2.01. The minimum atomic E-state index is 0.349. The molecule has 0 aromatic carbocycles. The number of H-pyrrole nitrogens is 1. The van der Waals surface area contributed by atoms with E-state index in [2.05, 4.69) is 48.2 Å². The number of aromatic amines is 1. The maximum absolute atomic E-state index is 4.47. The Morgan fingerprint density at radius 1 is 1.28 bits per heavy atom. The van der Waals surface area contributed by atoms with Crippen LogP contribution >= 0.6 is 0 Å². The van der Waals surface area contributed by atoms with Gasteiger partial charge in [0.25, 0.3) is 0 Å². The minimum Gasteiger partial charge on any atom is -0.355 e. The van der Waals surface area contributed by atoms with Crippen LogP contribution in [0, 0.1) is 0 Å². The predicted octanol–water partition coefficient (Wildman–Crippen LogP) is 1.80. The predicted molar refractivity (Wildman–Crippen MR) is 96.3 cm³/mol. The number of hydrogen-bond acceptors (Lipinski definition) is 6. The summed E-state index contributed by atoms with van der Waals surface area (Å²) in [5, 5.41) is 8.11. The van der Waals surface area contributed by atoms with Gasteiger partial charge in [-0.15, -0.1) is 0 Å². The van der Waals surface area contributed by atoms with E-state index in [-0.39, 0.29) is 0 Å². The Hall–Kier alpha value is -2.48. The number of anilines is 1. The molecule has 25 heavy (non-hydrogen) atoms. The smallest absolute Gasteiger partial charge is 0.182 e. The first kappa shape index (κ1) is 16.0. The molecule has 0 radical (unpaired) electrons. The summed E-state index contributed by atoms with van der Waals surface area (Å²) in [5.41, 5.74) is 2.91. The first-order chi connectivity index (χ1) is 12.3. The Morgan fingerprint density at radius 2 is 2.12 bits per heavy atom. The molecule has 4 heterocycles. The molecule has 4 rings (SSSR count). The molecule has 1 unspecified atom stereocenters. The molecule has 3 aromatic heterocycles. The first-order valence-corrected chi connectivity index (χ1v) is 8.89. The zero-order chi connectivity index (χ0) is 17.2. The molecule has 1 aliphatic heterocycles. The Morgan fingerprint density at radius 3 is 2.84 bits per heavy atom. The van der Waals surface area contributed by atoms with Crippen molar-refractivity contribution in [2.24, 2.45) is 7.05 Å². The van der Waals surface area contributed by atoms with E-state index in [4.69, 9.17) is 0 Å². The van der Waals surface area contributed by atoms with Crippen LogP contribution in [0.1, 0.15) is 37.9 Å². The Labute approximate surface area is 146 Å². The highest BCUT2D eigenvalue weighted by Gasteiger charge is 2.25. The summed E-state index contributed by atoms with van der Waals surface area (Å²) in [6.45, 7) is 4.17. The second-order valence-electron chi connectivity index (χ2n) is 6.57.